The van der Waals surface area contributed by atoms with E-state index in [2.05, 4.69) is 47.1 Å². The van der Waals surface area contributed by atoms with Crippen molar-refractivity contribution < 1.29 is 14.7 Å². The molecule has 44 heavy (non-hydrogen) atoms. The Kier molecular flexibility index (Phi) is 8.71. The summed E-state index contributed by atoms with van der Waals surface area (Å²) in [7, 11) is 0. The SMILES string of the molecule is Cc1cc(C)c(CNC(=O)c2cc(C3=CCN(C4CCN(C(=O)O)C(C(C)(C)C)C4)CC3)nc3c2cnn3C(C)C)c(=O)[nH]1. The van der Waals surface area contributed by atoms with Gasteiger partial charge in [-0.3, -0.25) is 14.5 Å². The van der Waals surface area contributed by atoms with Gasteiger partial charge in [-0.1, -0.05) is 26.8 Å². The zero-order valence-electron chi connectivity index (χ0n) is 26.9. The van der Waals surface area contributed by atoms with E-state index >= 15 is 0 Å². The zero-order chi connectivity index (χ0) is 31.9. The summed E-state index contributed by atoms with van der Waals surface area (Å²) in [6.45, 7) is 16.3. The lowest BCUT2D eigenvalue weighted by atomic mass is 9.78. The minimum Gasteiger partial charge on any atom is -0.465 e. The summed E-state index contributed by atoms with van der Waals surface area (Å²) in [5.41, 5.74) is 4.77. The van der Waals surface area contributed by atoms with Crippen LogP contribution < -0.4 is 10.9 Å². The van der Waals surface area contributed by atoms with E-state index < -0.39 is 6.09 Å². The monoisotopic (exact) mass is 603 g/mol. The largest absolute Gasteiger partial charge is 0.465 e. The Bertz CT molecular complexity index is 1660. The van der Waals surface area contributed by atoms with Gasteiger partial charge >= 0.3 is 6.09 Å². The molecule has 0 bridgehead atoms. The van der Waals surface area contributed by atoms with Crippen LogP contribution in [0.3, 0.4) is 0 Å². The molecule has 236 valence electrons. The summed E-state index contributed by atoms with van der Waals surface area (Å²) in [5, 5.41) is 18.0. The zero-order valence-corrected chi connectivity index (χ0v) is 26.9. The Morgan fingerprint density at radius 1 is 1.18 bits per heavy atom. The van der Waals surface area contributed by atoms with Gasteiger partial charge in [0.05, 0.1) is 22.8 Å². The van der Waals surface area contributed by atoms with Gasteiger partial charge in [0.1, 0.15) is 0 Å². The number of carboxylic acid groups (broad SMARTS) is 1. The van der Waals surface area contributed by atoms with Gasteiger partial charge in [0.15, 0.2) is 5.65 Å². The van der Waals surface area contributed by atoms with Gasteiger partial charge in [-0.2, -0.15) is 5.10 Å². The molecule has 3 aromatic rings. The van der Waals surface area contributed by atoms with Gasteiger partial charge in [-0.25, -0.2) is 14.5 Å². The first kappa shape index (κ1) is 31.4. The van der Waals surface area contributed by atoms with E-state index in [9.17, 15) is 19.5 Å². The number of aromatic amines is 1. The van der Waals surface area contributed by atoms with Gasteiger partial charge in [0.2, 0.25) is 0 Å². The molecular formula is C33H45N7O4. The number of aromatic nitrogens is 4. The van der Waals surface area contributed by atoms with Crippen LogP contribution in [-0.2, 0) is 6.54 Å². The van der Waals surface area contributed by atoms with Crippen LogP contribution in [0.1, 0.15) is 92.8 Å². The fourth-order valence-corrected chi connectivity index (χ4v) is 6.69. The maximum Gasteiger partial charge on any atom is 0.407 e. The summed E-state index contributed by atoms with van der Waals surface area (Å²) in [4.78, 5) is 50.0. The van der Waals surface area contributed by atoms with Crippen LogP contribution in [0.15, 0.2) is 29.2 Å². The highest BCUT2D eigenvalue weighted by Crippen LogP contribution is 2.35. The Labute approximate surface area is 258 Å². The summed E-state index contributed by atoms with van der Waals surface area (Å²) in [5.74, 6) is -0.280. The molecule has 5 heterocycles. The van der Waals surface area contributed by atoms with Crippen molar-refractivity contribution in [3.8, 4) is 0 Å². The van der Waals surface area contributed by atoms with Crippen molar-refractivity contribution in [2.45, 2.75) is 92.4 Å². The summed E-state index contributed by atoms with van der Waals surface area (Å²) < 4.78 is 1.84. The molecule has 5 rings (SSSR count). The second kappa shape index (κ2) is 12.2. The number of nitrogens with zero attached hydrogens (tertiary/aromatic N) is 5. The van der Waals surface area contributed by atoms with Crippen molar-refractivity contribution in [3.63, 3.8) is 0 Å². The Balaban J connectivity index is 1.40. The first-order valence-corrected chi connectivity index (χ1v) is 15.5. The molecule has 0 spiro atoms. The predicted molar refractivity (Wildman–Crippen MR) is 171 cm³/mol. The van der Waals surface area contributed by atoms with Crippen molar-refractivity contribution >= 4 is 28.6 Å². The second-order valence-corrected chi connectivity index (χ2v) is 13.6. The average molecular weight is 604 g/mol. The van der Waals surface area contributed by atoms with Gasteiger partial charge in [0.25, 0.3) is 11.5 Å². The number of rotatable bonds is 6. The highest BCUT2D eigenvalue weighted by Gasteiger charge is 2.40. The number of nitrogens with one attached hydrogen (secondary N) is 2. The first-order valence-electron chi connectivity index (χ1n) is 15.5. The van der Waals surface area contributed by atoms with Gasteiger partial charge in [-0.15, -0.1) is 0 Å². The number of pyridine rings is 2. The van der Waals surface area contributed by atoms with Crippen molar-refractivity contribution in [2.24, 2.45) is 5.41 Å². The molecule has 0 aromatic carbocycles. The van der Waals surface area contributed by atoms with E-state index in [0.29, 0.717) is 34.7 Å². The lowest BCUT2D eigenvalue weighted by Gasteiger charge is -2.47. The molecule has 1 fully saturated rings. The molecule has 0 saturated carbocycles. The van der Waals surface area contributed by atoms with Crippen LogP contribution in [0.5, 0.6) is 0 Å². The molecule has 2 aliphatic rings. The number of aryl methyl sites for hydroxylation is 2. The fraction of sp³-hybridized carbons (Fsp3) is 0.545. The molecule has 2 atom stereocenters. The molecule has 3 aromatic heterocycles. The minimum absolute atomic E-state index is 0.0372. The minimum atomic E-state index is -0.841. The molecule has 1 saturated heterocycles. The molecule has 3 N–H and O–H groups in total. The molecule has 11 nitrogen and oxygen atoms in total. The van der Waals surface area contributed by atoms with E-state index in [4.69, 9.17) is 4.98 Å². The Morgan fingerprint density at radius 2 is 1.93 bits per heavy atom. The van der Waals surface area contributed by atoms with Crippen LogP contribution in [0, 0.1) is 19.3 Å². The highest BCUT2D eigenvalue weighted by atomic mass is 16.4. The number of carbonyl (C=O) groups is 2. The van der Waals surface area contributed by atoms with Crippen molar-refractivity contribution in [3.05, 3.63) is 62.8 Å². The highest BCUT2D eigenvalue weighted by molar-refractivity contribution is 6.06. The molecule has 11 heteroatoms. The Hall–Kier alpha value is -3.99. The third-order valence-corrected chi connectivity index (χ3v) is 9.13. The number of hydrogen-bond acceptors (Lipinski definition) is 6. The van der Waals surface area contributed by atoms with E-state index in [1.165, 1.54) is 0 Å². The topological polar surface area (TPSA) is 136 Å². The molecule has 2 aliphatic heterocycles. The van der Waals surface area contributed by atoms with Gasteiger partial charge < -0.3 is 20.3 Å². The third-order valence-electron chi connectivity index (χ3n) is 9.13. The maximum atomic E-state index is 13.6. The number of likely N-dealkylation sites (tertiary alicyclic amines) is 1. The standard InChI is InChI=1S/C33H45N7O4/c1-19(2)40-29-26(18-35-40)24(30(41)34-17-25-20(3)14-21(4)36-31(25)42)16-27(37-29)22-8-11-38(12-9-22)23-10-13-39(32(43)44)28(15-23)33(5,6)7/h8,14,16,18-19,23,28H,9-13,15,17H2,1-7H3,(H,34,41)(H,36,42)(H,43,44). The van der Waals surface area contributed by atoms with Crippen LogP contribution in [0.4, 0.5) is 4.79 Å². The quantitative estimate of drug-likeness (QED) is 0.365. The van der Waals surface area contributed by atoms with Crippen LogP contribution in [-0.4, -0.2) is 78.4 Å². The molecule has 0 aliphatic carbocycles. The summed E-state index contributed by atoms with van der Waals surface area (Å²) >= 11 is 0. The predicted octanol–water partition coefficient (Wildman–Crippen LogP) is 4.89. The third kappa shape index (κ3) is 6.29. The number of fused-ring (bicyclic) bond motifs is 1. The number of carbonyl (C=O) groups excluding carboxylic acids is 1. The maximum absolute atomic E-state index is 13.6. The van der Waals surface area contributed by atoms with Crippen molar-refractivity contribution in [1.29, 1.82) is 0 Å². The molecule has 2 unspecified atom stereocenters. The van der Waals surface area contributed by atoms with Crippen molar-refractivity contribution in [2.75, 3.05) is 19.6 Å². The molecule has 2 amide bonds. The van der Waals surface area contributed by atoms with Crippen LogP contribution in [0.25, 0.3) is 16.6 Å². The molecular weight excluding hydrogens is 558 g/mol. The summed E-state index contributed by atoms with van der Waals surface area (Å²) in [6.07, 6.45) is 5.44. The summed E-state index contributed by atoms with van der Waals surface area (Å²) in [6, 6.07) is 4.07. The number of amides is 2. The Morgan fingerprint density at radius 3 is 2.55 bits per heavy atom. The average Bonchev–Trinajstić information content (AvgIpc) is 3.40. The van der Waals surface area contributed by atoms with E-state index in [1.54, 1.807) is 11.1 Å². The van der Waals surface area contributed by atoms with Gasteiger partial charge in [0, 0.05) is 55.6 Å². The smallest absolute Gasteiger partial charge is 0.407 e. The van der Waals surface area contributed by atoms with Crippen molar-refractivity contribution in [1.82, 2.24) is 34.9 Å². The number of piperidine rings is 1. The van der Waals surface area contributed by atoms with Gasteiger partial charge in [-0.05, 0) is 75.6 Å². The lowest BCUT2D eigenvalue weighted by Crippen LogP contribution is -2.56. The number of hydrogen-bond donors (Lipinski definition) is 3. The fourth-order valence-electron chi connectivity index (χ4n) is 6.69. The molecule has 0 radical (unpaired) electrons. The normalized spacial score (nSPS) is 19.8. The second-order valence-electron chi connectivity index (χ2n) is 13.6. The lowest BCUT2D eigenvalue weighted by molar-refractivity contribution is 0.0224. The van der Waals surface area contributed by atoms with Crippen LogP contribution in [0.2, 0.25) is 0 Å². The van der Waals surface area contributed by atoms with Crippen LogP contribution >= 0.6 is 0 Å². The number of H-pyrrole nitrogens is 1. The van der Waals surface area contributed by atoms with E-state index in [-0.39, 0.29) is 35.5 Å². The van der Waals surface area contributed by atoms with E-state index in [0.717, 1.165) is 54.9 Å². The van der Waals surface area contributed by atoms with E-state index in [1.807, 2.05) is 44.5 Å². The first-order chi connectivity index (χ1) is 20.7.